The number of benzene rings is 1. The van der Waals surface area contributed by atoms with Crippen molar-refractivity contribution < 1.29 is 9.13 Å². The Balaban J connectivity index is 1.70. The highest BCUT2D eigenvalue weighted by molar-refractivity contribution is 5.40. The quantitative estimate of drug-likeness (QED) is 0.597. The Hall–Kier alpha value is -1.13. The molecule has 18 heavy (non-hydrogen) atoms. The Kier molecular flexibility index (Phi) is 4.55. The van der Waals surface area contributed by atoms with Gasteiger partial charge in [0.15, 0.2) is 0 Å². The molecule has 0 unspecified atom stereocenters. The third-order valence-corrected chi connectivity index (χ3v) is 3.19. The molecule has 1 aliphatic carbocycles. The van der Waals surface area contributed by atoms with Crippen molar-refractivity contribution in [2.75, 3.05) is 32.5 Å². The van der Waals surface area contributed by atoms with Gasteiger partial charge in [0, 0.05) is 30.9 Å². The van der Waals surface area contributed by atoms with Crippen LogP contribution in [0.5, 0.6) is 0 Å². The molecule has 0 radical (unpaired) electrons. The number of nitrogen functional groups attached to an aromatic ring is 1. The van der Waals surface area contributed by atoms with Crippen molar-refractivity contribution >= 4 is 5.69 Å². The third-order valence-electron chi connectivity index (χ3n) is 3.19. The van der Waals surface area contributed by atoms with Crippen LogP contribution in [0.1, 0.15) is 18.4 Å². The smallest absolute Gasteiger partial charge is 0.129 e. The standard InChI is InChI=1S/C14H21FN2O/c1-17(6-7-18-10-11-2-3-11)9-12-4-5-13(16)8-14(12)15/h4-5,8,11H,2-3,6-7,9-10,16H2,1H3. The third kappa shape index (κ3) is 4.27. The minimum absolute atomic E-state index is 0.235. The second kappa shape index (κ2) is 6.16. The molecule has 1 saturated carbocycles. The monoisotopic (exact) mass is 252 g/mol. The molecular formula is C14H21FN2O. The van der Waals surface area contributed by atoms with Crippen molar-refractivity contribution in [3.63, 3.8) is 0 Å². The Bertz CT molecular complexity index is 393. The van der Waals surface area contributed by atoms with Crippen LogP contribution in [0.2, 0.25) is 0 Å². The highest BCUT2D eigenvalue weighted by Crippen LogP contribution is 2.28. The van der Waals surface area contributed by atoms with Crippen LogP contribution in [0, 0.1) is 11.7 Å². The fourth-order valence-corrected chi connectivity index (χ4v) is 1.82. The van der Waals surface area contributed by atoms with Crippen molar-refractivity contribution in [3.8, 4) is 0 Å². The number of nitrogens with two attached hydrogens (primary N) is 1. The summed E-state index contributed by atoms with van der Waals surface area (Å²) in [6, 6.07) is 4.84. The second-order valence-corrected chi connectivity index (χ2v) is 5.11. The minimum atomic E-state index is -0.235. The molecule has 0 aliphatic heterocycles. The first-order valence-corrected chi connectivity index (χ1v) is 6.45. The molecule has 2 rings (SSSR count). The van der Waals surface area contributed by atoms with Crippen molar-refractivity contribution in [1.29, 1.82) is 0 Å². The number of ether oxygens (including phenoxy) is 1. The Labute approximate surface area is 108 Å². The molecule has 0 heterocycles. The molecular weight excluding hydrogens is 231 g/mol. The van der Waals surface area contributed by atoms with E-state index in [0.29, 0.717) is 24.4 Å². The van der Waals surface area contributed by atoms with Crippen LogP contribution in [-0.2, 0) is 11.3 Å². The zero-order valence-corrected chi connectivity index (χ0v) is 10.9. The molecule has 0 aromatic heterocycles. The van der Waals surface area contributed by atoms with Gasteiger partial charge in [-0.2, -0.15) is 0 Å². The maximum atomic E-state index is 13.6. The summed E-state index contributed by atoms with van der Waals surface area (Å²) in [4.78, 5) is 2.06. The van der Waals surface area contributed by atoms with E-state index in [2.05, 4.69) is 4.90 Å². The fourth-order valence-electron chi connectivity index (χ4n) is 1.82. The van der Waals surface area contributed by atoms with E-state index in [9.17, 15) is 4.39 Å². The number of halogens is 1. The van der Waals surface area contributed by atoms with Crippen LogP contribution in [0.4, 0.5) is 10.1 Å². The second-order valence-electron chi connectivity index (χ2n) is 5.11. The number of likely N-dealkylation sites (N-methyl/N-ethyl adjacent to an activating group) is 1. The van der Waals surface area contributed by atoms with E-state index in [4.69, 9.17) is 10.5 Å². The summed E-state index contributed by atoms with van der Waals surface area (Å²) in [5.74, 6) is 0.561. The highest BCUT2D eigenvalue weighted by Gasteiger charge is 2.20. The molecule has 1 aliphatic rings. The van der Waals surface area contributed by atoms with Crippen molar-refractivity contribution in [2.45, 2.75) is 19.4 Å². The van der Waals surface area contributed by atoms with Crippen LogP contribution in [0.15, 0.2) is 18.2 Å². The van der Waals surface area contributed by atoms with Gasteiger partial charge in [0.05, 0.1) is 6.61 Å². The molecule has 2 N–H and O–H groups in total. The normalized spacial score (nSPS) is 15.3. The first kappa shape index (κ1) is 13.3. The minimum Gasteiger partial charge on any atom is -0.399 e. The number of nitrogens with zero attached hydrogens (tertiary/aromatic N) is 1. The summed E-state index contributed by atoms with van der Waals surface area (Å²) in [5.41, 5.74) is 6.66. The predicted molar refractivity (Wildman–Crippen MR) is 70.7 cm³/mol. The molecule has 0 bridgehead atoms. The average Bonchev–Trinajstić information content (AvgIpc) is 3.12. The summed E-state index contributed by atoms with van der Waals surface area (Å²) in [7, 11) is 1.97. The summed E-state index contributed by atoms with van der Waals surface area (Å²) in [5, 5.41) is 0. The lowest BCUT2D eigenvalue weighted by Crippen LogP contribution is -2.23. The van der Waals surface area contributed by atoms with E-state index in [1.54, 1.807) is 12.1 Å². The Morgan fingerprint density at radius 2 is 2.22 bits per heavy atom. The van der Waals surface area contributed by atoms with Gasteiger partial charge in [0.1, 0.15) is 5.82 Å². The first-order valence-electron chi connectivity index (χ1n) is 6.45. The summed E-state index contributed by atoms with van der Waals surface area (Å²) in [6.45, 7) is 2.99. The molecule has 0 spiro atoms. The number of anilines is 1. The van der Waals surface area contributed by atoms with Gasteiger partial charge in [-0.05, 0) is 37.9 Å². The molecule has 1 aromatic rings. The molecule has 0 saturated heterocycles. The Morgan fingerprint density at radius 1 is 1.44 bits per heavy atom. The zero-order chi connectivity index (χ0) is 13.0. The molecule has 0 atom stereocenters. The van der Waals surface area contributed by atoms with Crippen molar-refractivity contribution in [3.05, 3.63) is 29.6 Å². The van der Waals surface area contributed by atoms with E-state index in [-0.39, 0.29) is 5.82 Å². The molecule has 1 aromatic carbocycles. The number of hydrogen-bond acceptors (Lipinski definition) is 3. The predicted octanol–water partition coefficient (Wildman–Crippen LogP) is 2.27. The molecule has 0 amide bonds. The topological polar surface area (TPSA) is 38.5 Å². The van der Waals surface area contributed by atoms with E-state index < -0.39 is 0 Å². The van der Waals surface area contributed by atoms with Gasteiger partial charge in [0.25, 0.3) is 0 Å². The van der Waals surface area contributed by atoms with Gasteiger partial charge < -0.3 is 10.5 Å². The van der Waals surface area contributed by atoms with Gasteiger partial charge in [-0.25, -0.2) is 4.39 Å². The van der Waals surface area contributed by atoms with E-state index in [1.807, 2.05) is 7.05 Å². The molecule has 100 valence electrons. The maximum Gasteiger partial charge on any atom is 0.129 e. The van der Waals surface area contributed by atoms with E-state index in [1.165, 1.54) is 18.9 Å². The SMILES string of the molecule is CN(CCOCC1CC1)Cc1ccc(N)cc1F. The van der Waals surface area contributed by atoms with E-state index >= 15 is 0 Å². The van der Waals surface area contributed by atoms with E-state index in [0.717, 1.165) is 19.1 Å². The molecule has 4 heteroatoms. The van der Waals surface area contributed by atoms with Gasteiger partial charge >= 0.3 is 0 Å². The van der Waals surface area contributed by atoms with Crippen molar-refractivity contribution in [1.82, 2.24) is 4.90 Å². The Morgan fingerprint density at radius 3 is 2.89 bits per heavy atom. The summed E-state index contributed by atoms with van der Waals surface area (Å²) in [6.07, 6.45) is 2.62. The number of rotatable bonds is 7. The van der Waals surface area contributed by atoms with Crippen molar-refractivity contribution in [2.24, 2.45) is 5.92 Å². The summed E-state index contributed by atoms with van der Waals surface area (Å²) >= 11 is 0. The average molecular weight is 252 g/mol. The van der Waals surface area contributed by atoms with Crippen LogP contribution >= 0.6 is 0 Å². The van der Waals surface area contributed by atoms with Crippen LogP contribution < -0.4 is 5.73 Å². The lowest BCUT2D eigenvalue weighted by atomic mass is 10.2. The maximum absolute atomic E-state index is 13.6. The van der Waals surface area contributed by atoms with Crippen LogP contribution in [-0.4, -0.2) is 31.7 Å². The highest BCUT2D eigenvalue weighted by atomic mass is 19.1. The largest absolute Gasteiger partial charge is 0.399 e. The van der Waals surface area contributed by atoms with Gasteiger partial charge in [-0.1, -0.05) is 6.07 Å². The zero-order valence-electron chi connectivity index (χ0n) is 10.9. The van der Waals surface area contributed by atoms with Gasteiger partial charge in [-0.3, -0.25) is 4.90 Å². The molecule has 1 fully saturated rings. The lowest BCUT2D eigenvalue weighted by Gasteiger charge is -2.17. The lowest BCUT2D eigenvalue weighted by molar-refractivity contribution is 0.101. The van der Waals surface area contributed by atoms with Gasteiger partial charge in [-0.15, -0.1) is 0 Å². The molecule has 3 nitrogen and oxygen atoms in total. The first-order chi connectivity index (χ1) is 8.65. The van der Waals surface area contributed by atoms with Crippen LogP contribution in [0.25, 0.3) is 0 Å². The van der Waals surface area contributed by atoms with Crippen LogP contribution in [0.3, 0.4) is 0 Å². The number of hydrogen-bond donors (Lipinski definition) is 1. The van der Waals surface area contributed by atoms with Gasteiger partial charge in [0.2, 0.25) is 0 Å². The fraction of sp³-hybridized carbons (Fsp3) is 0.571. The summed E-state index contributed by atoms with van der Waals surface area (Å²) < 4.78 is 19.1.